The molecule has 0 bridgehead atoms. The van der Waals surface area contributed by atoms with Crippen molar-refractivity contribution in [2.45, 2.75) is 57.4 Å². The van der Waals surface area contributed by atoms with E-state index < -0.39 is 5.97 Å². The molecule has 4 rings (SSSR count). The van der Waals surface area contributed by atoms with Gasteiger partial charge in [0, 0.05) is 6.04 Å². The second kappa shape index (κ2) is 17.6. The number of esters is 2. The Bertz CT molecular complexity index is 1420. The SMILES string of the molecule is COC(=O)c1ccc(OCCCc2ccc(C=CCCCOc3ccccc3)cc2)c(C(=O)NC2CCCC(C(=O)OC)C2)c1. The molecule has 0 aliphatic heterocycles. The average molecular weight is 614 g/mol. The van der Waals surface area contributed by atoms with Gasteiger partial charge in [-0.15, -0.1) is 0 Å². The van der Waals surface area contributed by atoms with Gasteiger partial charge in [-0.25, -0.2) is 4.79 Å². The lowest BCUT2D eigenvalue weighted by atomic mass is 9.85. The summed E-state index contributed by atoms with van der Waals surface area (Å²) in [7, 11) is 2.68. The lowest BCUT2D eigenvalue weighted by molar-refractivity contribution is -0.146. The quantitative estimate of drug-likeness (QED) is 0.148. The van der Waals surface area contributed by atoms with Crippen molar-refractivity contribution >= 4 is 23.9 Å². The minimum Gasteiger partial charge on any atom is -0.494 e. The highest BCUT2D eigenvalue weighted by molar-refractivity contribution is 6.00. The first-order valence-corrected chi connectivity index (χ1v) is 15.6. The standard InChI is InChI=1S/C37H43NO7/c1-42-36(40)29-13-9-14-31(25-29)38-35(39)33-26-30(37(41)43-2)21-22-34(33)45-24-10-12-28-19-17-27(18-20-28)11-5-4-8-23-44-32-15-6-3-7-16-32/h3,5-7,11,15-22,26,29,31H,4,8-10,12-14,23-25H2,1-2H3,(H,38,39). The molecule has 1 aliphatic carbocycles. The largest absolute Gasteiger partial charge is 0.494 e. The third-order valence-electron chi connectivity index (χ3n) is 7.87. The number of rotatable bonds is 15. The molecule has 1 N–H and O–H groups in total. The number of nitrogens with one attached hydrogen (secondary N) is 1. The molecule has 1 amide bonds. The summed E-state index contributed by atoms with van der Waals surface area (Å²) in [5.74, 6) is -0.0713. The lowest BCUT2D eigenvalue weighted by Crippen LogP contribution is -2.40. The number of aryl methyl sites for hydroxylation is 1. The van der Waals surface area contributed by atoms with Gasteiger partial charge < -0.3 is 24.3 Å². The minimum absolute atomic E-state index is 0.170. The molecule has 45 heavy (non-hydrogen) atoms. The Morgan fingerprint density at radius 1 is 0.867 bits per heavy atom. The predicted octanol–water partition coefficient (Wildman–Crippen LogP) is 6.82. The highest BCUT2D eigenvalue weighted by atomic mass is 16.5. The maximum absolute atomic E-state index is 13.3. The Balaban J connectivity index is 1.25. The van der Waals surface area contributed by atoms with Gasteiger partial charge in [-0.2, -0.15) is 0 Å². The summed E-state index contributed by atoms with van der Waals surface area (Å²) in [5, 5.41) is 3.03. The van der Waals surface area contributed by atoms with Crippen LogP contribution in [0, 0.1) is 5.92 Å². The molecule has 1 fully saturated rings. The normalized spacial score (nSPS) is 16.1. The molecule has 3 aromatic carbocycles. The number of ether oxygens (including phenoxy) is 4. The molecular weight excluding hydrogens is 570 g/mol. The zero-order valence-electron chi connectivity index (χ0n) is 26.2. The molecule has 238 valence electrons. The molecule has 2 unspecified atom stereocenters. The van der Waals surface area contributed by atoms with Crippen molar-refractivity contribution in [3.63, 3.8) is 0 Å². The molecule has 0 spiro atoms. The molecule has 2 atom stereocenters. The Hall–Kier alpha value is -4.59. The lowest BCUT2D eigenvalue weighted by Gasteiger charge is -2.28. The van der Waals surface area contributed by atoms with Crippen molar-refractivity contribution in [1.29, 1.82) is 0 Å². The fraction of sp³-hybridized carbons (Fsp3) is 0.378. The van der Waals surface area contributed by atoms with Crippen LogP contribution in [-0.4, -0.2) is 51.3 Å². The summed E-state index contributed by atoms with van der Waals surface area (Å²) in [6, 6.07) is 22.9. The third kappa shape index (κ3) is 10.5. The number of para-hydroxylation sites is 1. The van der Waals surface area contributed by atoms with Crippen LogP contribution in [0.1, 0.15) is 76.8 Å². The van der Waals surface area contributed by atoms with Gasteiger partial charge in [0.1, 0.15) is 11.5 Å². The number of hydrogen-bond acceptors (Lipinski definition) is 7. The van der Waals surface area contributed by atoms with E-state index in [1.165, 1.54) is 25.8 Å². The Morgan fingerprint density at radius 3 is 2.40 bits per heavy atom. The fourth-order valence-corrected chi connectivity index (χ4v) is 5.42. The van der Waals surface area contributed by atoms with Crippen LogP contribution in [0.15, 0.2) is 78.9 Å². The number of hydrogen-bond donors (Lipinski definition) is 1. The predicted molar refractivity (Wildman–Crippen MR) is 173 cm³/mol. The van der Waals surface area contributed by atoms with Crippen LogP contribution in [0.4, 0.5) is 0 Å². The highest BCUT2D eigenvalue weighted by Gasteiger charge is 2.29. The van der Waals surface area contributed by atoms with Gasteiger partial charge in [0.25, 0.3) is 5.91 Å². The number of carbonyl (C=O) groups excluding carboxylic acids is 3. The number of methoxy groups -OCH3 is 2. The Labute approximate surface area is 265 Å². The van der Waals surface area contributed by atoms with E-state index in [0.717, 1.165) is 56.3 Å². The third-order valence-corrected chi connectivity index (χ3v) is 7.87. The number of carbonyl (C=O) groups is 3. The van der Waals surface area contributed by atoms with Crippen molar-refractivity contribution in [3.05, 3.63) is 101 Å². The summed E-state index contributed by atoms with van der Waals surface area (Å²) in [6.45, 7) is 1.09. The van der Waals surface area contributed by atoms with Gasteiger partial charge in [-0.1, -0.05) is 61.0 Å². The number of amides is 1. The molecule has 0 radical (unpaired) electrons. The minimum atomic E-state index is -0.533. The Morgan fingerprint density at radius 2 is 1.64 bits per heavy atom. The van der Waals surface area contributed by atoms with Gasteiger partial charge in [0.2, 0.25) is 0 Å². The topological polar surface area (TPSA) is 100 Å². The van der Waals surface area contributed by atoms with E-state index in [9.17, 15) is 14.4 Å². The summed E-state index contributed by atoms with van der Waals surface area (Å²) >= 11 is 0. The zero-order valence-corrected chi connectivity index (χ0v) is 26.2. The maximum atomic E-state index is 13.3. The molecule has 0 heterocycles. The molecular formula is C37H43NO7. The van der Waals surface area contributed by atoms with Crippen LogP contribution < -0.4 is 14.8 Å². The smallest absolute Gasteiger partial charge is 0.337 e. The van der Waals surface area contributed by atoms with Gasteiger partial charge in [-0.05, 0) is 86.4 Å². The van der Waals surface area contributed by atoms with Crippen LogP contribution in [0.5, 0.6) is 11.5 Å². The van der Waals surface area contributed by atoms with Crippen LogP contribution in [0.2, 0.25) is 0 Å². The highest BCUT2D eigenvalue weighted by Crippen LogP contribution is 2.27. The second-order valence-electron chi connectivity index (χ2n) is 11.2. The number of allylic oxidation sites excluding steroid dienone is 1. The first-order valence-electron chi connectivity index (χ1n) is 15.6. The van der Waals surface area contributed by atoms with E-state index >= 15 is 0 Å². The van der Waals surface area contributed by atoms with E-state index in [4.69, 9.17) is 18.9 Å². The van der Waals surface area contributed by atoms with Crippen molar-refractivity contribution in [1.82, 2.24) is 5.32 Å². The van der Waals surface area contributed by atoms with Crippen molar-refractivity contribution in [3.8, 4) is 11.5 Å². The summed E-state index contributed by atoms with van der Waals surface area (Å²) in [6.07, 6.45) is 10.6. The molecule has 3 aromatic rings. The van der Waals surface area contributed by atoms with Crippen LogP contribution in [0.25, 0.3) is 6.08 Å². The maximum Gasteiger partial charge on any atom is 0.337 e. The van der Waals surface area contributed by atoms with Gasteiger partial charge in [-0.3, -0.25) is 9.59 Å². The molecule has 8 heteroatoms. The zero-order chi connectivity index (χ0) is 31.9. The number of benzene rings is 3. The van der Waals surface area contributed by atoms with Gasteiger partial charge in [0.05, 0.1) is 44.5 Å². The molecule has 0 saturated heterocycles. The van der Waals surface area contributed by atoms with Crippen molar-refractivity contribution in [2.24, 2.45) is 5.92 Å². The van der Waals surface area contributed by atoms with Gasteiger partial charge in [0.15, 0.2) is 0 Å². The average Bonchev–Trinajstić information content (AvgIpc) is 3.08. The van der Waals surface area contributed by atoms with Crippen LogP contribution >= 0.6 is 0 Å². The van der Waals surface area contributed by atoms with Crippen molar-refractivity contribution < 1.29 is 33.3 Å². The molecule has 1 aliphatic rings. The van der Waals surface area contributed by atoms with E-state index in [2.05, 4.69) is 41.7 Å². The first kappa shape index (κ1) is 33.3. The molecule has 0 aromatic heterocycles. The van der Waals surface area contributed by atoms with Crippen LogP contribution in [0.3, 0.4) is 0 Å². The fourth-order valence-electron chi connectivity index (χ4n) is 5.42. The second-order valence-corrected chi connectivity index (χ2v) is 11.2. The number of unbranched alkanes of at least 4 members (excludes halogenated alkanes) is 1. The van der Waals surface area contributed by atoms with E-state index in [-0.39, 0.29) is 35.0 Å². The Kier molecular flexibility index (Phi) is 13.1. The monoisotopic (exact) mass is 613 g/mol. The molecule has 1 saturated carbocycles. The van der Waals surface area contributed by atoms with E-state index in [1.807, 2.05) is 30.3 Å². The van der Waals surface area contributed by atoms with E-state index in [1.54, 1.807) is 12.1 Å². The van der Waals surface area contributed by atoms with Gasteiger partial charge >= 0.3 is 11.9 Å². The molecule has 8 nitrogen and oxygen atoms in total. The summed E-state index contributed by atoms with van der Waals surface area (Å²) < 4.78 is 21.5. The summed E-state index contributed by atoms with van der Waals surface area (Å²) in [5.41, 5.74) is 2.88. The van der Waals surface area contributed by atoms with Crippen LogP contribution in [-0.2, 0) is 20.7 Å². The van der Waals surface area contributed by atoms with E-state index in [0.29, 0.717) is 25.4 Å². The van der Waals surface area contributed by atoms with Crippen molar-refractivity contribution in [2.75, 3.05) is 27.4 Å². The summed E-state index contributed by atoms with van der Waals surface area (Å²) in [4.78, 5) is 37.6. The first-order chi connectivity index (χ1) is 22.0.